The van der Waals surface area contributed by atoms with Crippen LogP contribution in [0.2, 0.25) is 0 Å². The smallest absolute Gasteiger partial charge is 0.419 e. The molecular formula is C22H19F4N3O3. The van der Waals surface area contributed by atoms with Gasteiger partial charge in [-0.1, -0.05) is 18.2 Å². The van der Waals surface area contributed by atoms with Gasteiger partial charge in [-0.15, -0.1) is 0 Å². The molecule has 0 fully saturated rings. The zero-order chi connectivity index (χ0) is 23.3. The van der Waals surface area contributed by atoms with E-state index in [1.807, 2.05) is 0 Å². The monoisotopic (exact) mass is 449 g/mol. The maximum Gasteiger partial charge on any atom is 0.419 e. The molecule has 0 radical (unpaired) electrons. The van der Waals surface area contributed by atoms with E-state index in [0.29, 0.717) is 17.3 Å². The van der Waals surface area contributed by atoms with Crippen molar-refractivity contribution >= 4 is 11.7 Å². The number of pyridine rings is 1. The molecule has 0 atom stereocenters. The average Bonchev–Trinajstić information content (AvgIpc) is 2.74. The third-order valence-corrected chi connectivity index (χ3v) is 4.39. The van der Waals surface area contributed by atoms with Crippen LogP contribution in [-0.4, -0.2) is 18.0 Å². The summed E-state index contributed by atoms with van der Waals surface area (Å²) in [6.07, 6.45) is -4.82. The molecule has 0 aliphatic carbocycles. The molecule has 168 valence electrons. The predicted octanol–water partition coefficient (Wildman–Crippen LogP) is 4.69. The van der Waals surface area contributed by atoms with Gasteiger partial charge in [-0.3, -0.25) is 4.79 Å². The van der Waals surface area contributed by atoms with Gasteiger partial charge in [-0.05, 0) is 42.0 Å². The number of rotatable bonds is 7. The van der Waals surface area contributed by atoms with Crippen LogP contribution in [0.4, 0.5) is 23.4 Å². The number of halogens is 4. The number of nitrogens with one attached hydrogen (secondary N) is 1. The number of hydrogen-bond acceptors (Lipinski definition) is 5. The fourth-order valence-electron chi connectivity index (χ4n) is 2.83. The standard InChI is InChI=1S/C22H19F4N3O3/c1-31-12-14-7-10-16(20(27)29-14)21(30)28-11-13-5-8-15(9-6-13)32-18-4-2-3-17(19(18)23)22(24,25)26/h2-10H,11-12H2,1H3,(H2,27,29)(H,28,30). The van der Waals surface area contributed by atoms with Gasteiger partial charge in [0, 0.05) is 13.7 Å². The minimum absolute atomic E-state index is 0.0731. The van der Waals surface area contributed by atoms with Gasteiger partial charge in [0.2, 0.25) is 0 Å². The molecule has 2 aromatic carbocycles. The molecule has 3 aromatic rings. The number of alkyl halides is 3. The van der Waals surface area contributed by atoms with Gasteiger partial charge in [0.05, 0.1) is 23.4 Å². The van der Waals surface area contributed by atoms with Gasteiger partial charge in [0.25, 0.3) is 5.91 Å². The molecule has 1 heterocycles. The Balaban J connectivity index is 1.63. The van der Waals surface area contributed by atoms with Gasteiger partial charge >= 0.3 is 6.18 Å². The van der Waals surface area contributed by atoms with Crippen LogP contribution in [0.3, 0.4) is 0 Å². The second kappa shape index (κ2) is 9.65. The number of nitrogen functional groups attached to an aromatic ring is 1. The lowest BCUT2D eigenvalue weighted by atomic mass is 10.2. The number of anilines is 1. The number of methoxy groups -OCH3 is 1. The van der Waals surface area contributed by atoms with Crippen LogP contribution in [0, 0.1) is 5.82 Å². The largest absolute Gasteiger partial charge is 0.454 e. The molecule has 0 aliphatic heterocycles. The number of amides is 1. The lowest BCUT2D eigenvalue weighted by Crippen LogP contribution is -2.24. The fraction of sp³-hybridized carbons (Fsp3) is 0.182. The first kappa shape index (κ1) is 23.0. The lowest BCUT2D eigenvalue weighted by Gasteiger charge is -2.12. The Morgan fingerprint density at radius 2 is 1.81 bits per heavy atom. The third kappa shape index (κ3) is 5.52. The molecule has 0 saturated heterocycles. The summed E-state index contributed by atoms with van der Waals surface area (Å²) in [5.41, 5.74) is 5.90. The highest BCUT2D eigenvalue weighted by atomic mass is 19.4. The first-order valence-corrected chi connectivity index (χ1v) is 9.34. The number of carbonyl (C=O) groups excluding carboxylic acids is 1. The van der Waals surface area contributed by atoms with E-state index in [0.717, 1.165) is 12.1 Å². The van der Waals surface area contributed by atoms with Crippen LogP contribution in [0.25, 0.3) is 0 Å². The van der Waals surface area contributed by atoms with Crippen LogP contribution in [0.1, 0.15) is 27.2 Å². The van der Waals surface area contributed by atoms with E-state index in [9.17, 15) is 22.4 Å². The number of carbonyl (C=O) groups is 1. The Kier molecular flexibility index (Phi) is 6.94. The van der Waals surface area contributed by atoms with Gasteiger partial charge in [0.1, 0.15) is 11.6 Å². The van der Waals surface area contributed by atoms with E-state index in [4.69, 9.17) is 15.2 Å². The summed E-state index contributed by atoms with van der Waals surface area (Å²) < 4.78 is 62.8. The topological polar surface area (TPSA) is 86.5 Å². The van der Waals surface area contributed by atoms with Crippen molar-refractivity contribution in [2.45, 2.75) is 19.3 Å². The van der Waals surface area contributed by atoms with Crippen molar-refractivity contribution < 1.29 is 31.8 Å². The predicted molar refractivity (Wildman–Crippen MR) is 108 cm³/mol. The number of benzene rings is 2. The van der Waals surface area contributed by atoms with Crippen molar-refractivity contribution in [1.29, 1.82) is 0 Å². The van der Waals surface area contributed by atoms with E-state index in [-0.39, 0.29) is 30.3 Å². The zero-order valence-corrected chi connectivity index (χ0v) is 16.9. The van der Waals surface area contributed by atoms with Crippen LogP contribution >= 0.6 is 0 Å². The molecule has 0 unspecified atom stereocenters. The Morgan fingerprint density at radius 1 is 1.09 bits per heavy atom. The summed E-state index contributed by atoms with van der Waals surface area (Å²) in [6.45, 7) is 0.418. The van der Waals surface area contributed by atoms with Crippen molar-refractivity contribution in [1.82, 2.24) is 10.3 Å². The lowest BCUT2D eigenvalue weighted by molar-refractivity contribution is -0.140. The first-order chi connectivity index (χ1) is 15.2. The molecule has 3 rings (SSSR count). The molecule has 0 aliphatic rings. The highest BCUT2D eigenvalue weighted by Gasteiger charge is 2.35. The second-order valence-corrected chi connectivity index (χ2v) is 6.71. The molecule has 10 heteroatoms. The number of ether oxygens (including phenoxy) is 2. The van der Waals surface area contributed by atoms with E-state index in [2.05, 4.69) is 10.3 Å². The van der Waals surface area contributed by atoms with Crippen molar-refractivity contribution in [3.8, 4) is 11.5 Å². The van der Waals surface area contributed by atoms with Crippen molar-refractivity contribution in [2.75, 3.05) is 12.8 Å². The Labute approximate surface area is 181 Å². The van der Waals surface area contributed by atoms with Crippen LogP contribution < -0.4 is 15.8 Å². The van der Waals surface area contributed by atoms with Crippen molar-refractivity contribution in [2.24, 2.45) is 0 Å². The molecule has 0 bridgehead atoms. The van der Waals surface area contributed by atoms with E-state index < -0.39 is 29.2 Å². The van der Waals surface area contributed by atoms with Gasteiger partial charge in [-0.2, -0.15) is 13.2 Å². The normalized spacial score (nSPS) is 11.3. The average molecular weight is 449 g/mol. The van der Waals surface area contributed by atoms with Crippen LogP contribution in [0.15, 0.2) is 54.6 Å². The molecular weight excluding hydrogens is 430 g/mol. The van der Waals surface area contributed by atoms with Crippen molar-refractivity contribution in [3.63, 3.8) is 0 Å². The van der Waals surface area contributed by atoms with Gasteiger partial charge < -0.3 is 20.5 Å². The van der Waals surface area contributed by atoms with E-state index >= 15 is 0 Å². The molecule has 1 amide bonds. The Bertz CT molecular complexity index is 1100. The summed E-state index contributed by atoms with van der Waals surface area (Å²) in [5.74, 6) is -2.24. The Morgan fingerprint density at radius 3 is 2.44 bits per heavy atom. The quantitative estimate of drug-likeness (QED) is 0.511. The zero-order valence-electron chi connectivity index (χ0n) is 16.9. The maximum absolute atomic E-state index is 14.1. The minimum atomic E-state index is -4.82. The summed E-state index contributed by atoms with van der Waals surface area (Å²) >= 11 is 0. The SMILES string of the molecule is COCc1ccc(C(=O)NCc2ccc(Oc3cccc(C(F)(F)F)c3F)cc2)c(N)n1. The fourth-order valence-corrected chi connectivity index (χ4v) is 2.83. The maximum atomic E-state index is 14.1. The Hall–Kier alpha value is -3.66. The molecule has 3 N–H and O–H groups in total. The highest BCUT2D eigenvalue weighted by Crippen LogP contribution is 2.36. The molecule has 0 spiro atoms. The number of nitrogens with zero attached hydrogens (tertiary/aromatic N) is 1. The summed E-state index contributed by atoms with van der Waals surface area (Å²) in [4.78, 5) is 16.4. The van der Waals surface area contributed by atoms with E-state index in [1.165, 1.54) is 19.2 Å². The van der Waals surface area contributed by atoms with Crippen LogP contribution in [0.5, 0.6) is 11.5 Å². The summed E-state index contributed by atoms with van der Waals surface area (Å²) in [5, 5.41) is 2.69. The van der Waals surface area contributed by atoms with Crippen LogP contribution in [-0.2, 0) is 24.1 Å². The molecule has 6 nitrogen and oxygen atoms in total. The molecule has 1 aromatic heterocycles. The van der Waals surface area contributed by atoms with E-state index in [1.54, 1.807) is 24.3 Å². The highest BCUT2D eigenvalue weighted by molar-refractivity contribution is 5.98. The number of hydrogen-bond donors (Lipinski definition) is 2. The van der Waals surface area contributed by atoms with Gasteiger partial charge in [0.15, 0.2) is 11.6 Å². The minimum Gasteiger partial charge on any atom is -0.454 e. The summed E-state index contributed by atoms with van der Waals surface area (Å²) in [6, 6.07) is 12.1. The third-order valence-electron chi connectivity index (χ3n) is 4.39. The van der Waals surface area contributed by atoms with Gasteiger partial charge in [-0.25, -0.2) is 9.37 Å². The summed E-state index contributed by atoms with van der Waals surface area (Å²) in [7, 11) is 1.52. The molecule has 0 saturated carbocycles. The van der Waals surface area contributed by atoms with Crippen molar-refractivity contribution in [3.05, 3.63) is 82.8 Å². The molecule has 32 heavy (non-hydrogen) atoms. The first-order valence-electron chi connectivity index (χ1n) is 9.34. The second-order valence-electron chi connectivity index (χ2n) is 6.71. The number of nitrogens with two attached hydrogens (primary N) is 1. The number of aromatic nitrogens is 1.